The quantitative estimate of drug-likeness (QED) is 0.772. The Morgan fingerprint density at radius 2 is 2.50 bits per heavy atom. The van der Waals surface area contributed by atoms with Crippen molar-refractivity contribution in [2.75, 3.05) is 0 Å². The van der Waals surface area contributed by atoms with Gasteiger partial charge in [-0.3, -0.25) is 0 Å². The van der Waals surface area contributed by atoms with Crippen LogP contribution in [-0.4, -0.2) is 9.55 Å². The van der Waals surface area contributed by atoms with Crippen molar-refractivity contribution in [1.29, 1.82) is 0 Å². The molecule has 0 radical (unpaired) electrons. The Labute approximate surface area is 95.1 Å². The van der Waals surface area contributed by atoms with E-state index in [9.17, 15) is 0 Å². The van der Waals surface area contributed by atoms with Gasteiger partial charge in [0.2, 0.25) is 0 Å². The van der Waals surface area contributed by atoms with Gasteiger partial charge in [-0.1, -0.05) is 6.92 Å². The van der Waals surface area contributed by atoms with Gasteiger partial charge in [0.25, 0.3) is 0 Å². The van der Waals surface area contributed by atoms with E-state index in [-0.39, 0.29) is 0 Å². The highest BCUT2D eigenvalue weighted by Gasteiger charge is 2.18. The van der Waals surface area contributed by atoms with E-state index in [4.69, 9.17) is 4.42 Å². The molecule has 2 aromatic heterocycles. The molecule has 0 aliphatic carbocycles. The van der Waals surface area contributed by atoms with Gasteiger partial charge in [-0.2, -0.15) is 0 Å². The summed E-state index contributed by atoms with van der Waals surface area (Å²) in [5.41, 5.74) is 1.38. The van der Waals surface area contributed by atoms with E-state index >= 15 is 0 Å². The van der Waals surface area contributed by atoms with Crippen LogP contribution in [0.2, 0.25) is 0 Å². The Morgan fingerprint density at radius 3 is 3.31 bits per heavy atom. The van der Waals surface area contributed by atoms with E-state index in [0.717, 1.165) is 36.9 Å². The maximum atomic E-state index is 5.37. The number of imidazole rings is 1. The largest absolute Gasteiger partial charge is 0.469 e. The van der Waals surface area contributed by atoms with E-state index in [1.54, 1.807) is 6.26 Å². The summed E-state index contributed by atoms with van der Waals surface area (Å²) in [5.74, 6) is 2.92. The fourth-order valence-electron chi connectivity index (χ4n) is 2.41. The normalized spacial score (nSPS) is 19.7. The molecule has 0 bridgehead atoms. The minimum absolute atomic E-state index is 0.792. The van der Waals surface area contributed by atoms with Gasteiger partial charge in [0.1, 0.15) is 11.6 Å². The summed E-state index contributed by atoms with van der Waals surface area (Å²) in [6, 6.07) is 3.94. The fourth-order valence-corrected chi connectivity index (χ4v) is 2.41. The lowest BCUT2D eigenvalue weighted by Crippen LogP contribution is -2.18. The summed E-state index contributed by atoms with van der Waals surface area (Å²) in [6.07, 6.45) is 6.96. The molecule has 0 amide bonds. The van der Waals surface area contributed by atoms with E-state index in [1.807, 2.05) is 18.3 Å². The van der Waals surface area contributed by atoms with Crippen molar-refractivity contribution in [1.82, 2.24) is 9.55 Å². The van der Waals surface area contributed by atoms with E-state index in [2.05, 4.69) is 16.5 Å². The smallest absolute Gasteiger partial charge is 0.116 e. The molecule has 0 N–H and O–H groups in total. The zero-order valence-electron chi connectivity index (χ0n) is 9.52. The number of furan rings is 1. The van der Waals surface area contributed by atoms with Crippen LogP contribution in [-0.2, 0) is 19.4 Å². The Morgan fingerprint density at radius 1 is 1.56 bits per heavy atom. The first-order valence-electron chi connectivity index (χ1n) is 5.88. The molecule has 3 heterocycles. The zero-order chi connectivity index (χ0) is 11.0. The van der Waals surface area contributed by atoms with Gasteiger partial charge >= 0.3 is 0 Å². The monoisotopic (exact) mass is 216 g/mol. The highest BCUT2D eigenvalue weighted by molar-refractivity contribution is 5.14. The Hall–Kier alpha value is -1.51. The second-order valence-corrected chi connectivity index (χ2v) is 4.67. The van der Waals surface area contributed by atoms with Crippen molar-refractivity contribution in [3.05, 3.63) is 41.9 Å². The molecular formula is C13H16N2O. The van der Waals surface area contributed by atoms with Gasteiger partial charge in [0, 0.05) is 18.4 Å². The van der Waals surface area contributed by atoms with Crippen LogP contribution in [0.3, 0.4) is 0 Å². The SMILES string of the molecule is CC1CCn2c(cnc2Cc2ccco2)C1. The maximum Gasteiger partial charge on any atom is 0.116 e. The molecule has 1 unspecified atom stereocenters. The molecule has 0 saturated heterocycles. The van der Waals surface area contributed by atoms with Crippen LogP contribution in [0.25, 0.3) is 0 Å². The van der Waals surface area contributed by atoms with Crippen molar-refractivity contribution < 1.29 is 4.42 Å². The lowest BCUT2D eigenvalue weighted by atomic mass is 9.98. The molecule has 0 fully saturated rings. The predicted molar refractivity (Wildman–Crippen MR) is 61.2 cm³/mol. The summed E-state index contributed by atoms with van der Waals surface area (Å²) in [4.78, 5) is 4.51. The minimum atomic E-state index is 0.792. The molecule has 3 nitrogen and oxygen atoms in total. The molecule has 1 atom stereocenters. The van der Waals surface area contributed by atoms with Crippen molar-refractivity contribution in [2.45, 2.75) is 32.7 Å². The van der Waals surface area contributed by atoms with Crippen LogP contribution < -0.4 is 0 Å². The third-order valence-electron chi connectivity index (χ3n) is 3.34. The summed E-state index contributed by atoms with van der Waals surface area (Å²) in [6.45, 7) is 3.41. The molecule has 1 aliphatic rings. The molecule has 0 saturated carbocycles. The van der Waals surface area contributed by atoms with Gasteiger partial charge in [0.15, 0.2) is 0 Å². The second kappa shape index (κ2) is 3.81. The van der Waals surface area contributed by atoms with Gasteiger partial charge in [-0.25, -0.2) is 4.98 Å². The molecular weight excluding hydrogens is 200 g/mol. The van der Waals surface area contributed by atoms with Crippen LogP contribution in [0.4, 0.5) is 0 Å². The van der Waals surface area contributed by atoms with E-state index in [1.165, 1.54) is 12.1 Å². The van der Waals surface area contributed by atoms with Gasteiger partial charge in [0.05, 0.1) is 12.7 Å². The van der Waals surface area contributed by atoms with Crippen molar-refractivity contribution >= 4 is 0 Å². The minimum Gasteiger partial charge on any atom is -0.469 e. The second-order valence-electron chi connectivity index (χ2n) is 4.67. The third kappa shape index (κ3) is 1.66. The number of rotatable bonds is 2. The van der Waals surface area contributed by atoms with Crippen LogP contribution in [0.1, 0.15) is 30.6 Å². The predicted octanol–water partition coefficient (Wildman–Crippen LogP) is 2.65. The Kier molecular flexibility index (Phi) is 2.31. The number of hydrogen-bond acceptors (Lipinski definition) is 2. The maximum absolute atomic E-state index is 5.37. The highest BCUT2D eigenvalue weighted by atomic mass is 16.3. The Bertz CT molecular complexity index is 470. The molecule has 84 valence electrons. The highest BCUT2D eigenvalue weighted by Crippen LogP contribution is 2.22. The standard InChI is InChI=1S/C13H16N2O/c1-10-4-5-15-11(7-10)9-14-13(15)8-12-3-2-6-16-12/h2-3,6,9-10H,4-5,7-8H2,1H3. The van der Waals surface area contributed by atoms with Crippen LogP contribution in [0, 0.1) is 5.92 Å². The molecule has 3 rings (SSSR count). The molecule has 0 aromatic carbocycles. The molecule has 3 heteroatoms. The summed E-state index contributed by atoms with van der Waals surface area (Å²) >= 11 is 0. The van der Waals surface area contributed by atoms with Crippen LogP contribution in [0.15, 0.2) is 29.0 Å². The first-order valence-corrected chi connectivity index (χ1v) is 5.88. The van der Waals surface area contributed by atoms with Gasteiger partial charge < -0.3 is 8.98 Å². The van der Waals surface area contributed by atoms with E-state index < -0.39 is 0 Å². The van der Waals surface area contributed by atoms with Crippen LogP contribution >= 0.6 is 0 Å². The third-order valence-corrected chi connectivity index (χ3v) is 3.34. The average molecular weight is 216 g/mol. The molecule has 2 aromatic rings. The average Bonchev–Trinajstić information content (AvgIpc) is 2.89. The number of hydrogen-bond donors (Lipinski definition) is 0. The first-order chi connectivity index (χ1) is 7.83. The van der Waals surface area contributed by atoms with Gasteiger partial charge in [-0.15, -0.1) is 0 Å². The molecule has 0 spiro atoms. The zero-order valence-corrected chi connectivity index (χ0v) is 9.52. The Balaban J connectivity index is 1.86. The molecule has 1 aliphatic heterocycles. The van der Waals surface area contributed by atoms with Crippen molar-refractivity contribution in [3.63, 3.8) is 0 Å². The number of nitrogens with zero attached hydrogens (tertiary/aromatic N) is 2. The fraction of sp³-hybridized carbons (Fsp3) is 0.462. The topological polar surface area (TPSA) is 31.0 Å². The van der Waals surface area contributed by atoms with Crippen LogP contribution in [0.5, 0.6) is 0 Å². The van der Waals surface area contributed by atoms with Gasteiger partial charge in [-0.05, 0) is 30.9 Å². The van der Waals surface area contributed by atoms with E-state index in [0.29, 0.717) is 0 Å². The summed E-state index contributed by atoms with van der Waals surface area (Å²) in [7, 11) is 0. The van der Waals surface area contributed by atoms with Crippen molar-refractivity contribution in [3.8, 4) is 0 Å². The lowest BCUT2D eigenvalue weighted by Gasteiger charge is -2.21. The summed E-state index contributed by atoms with van der Waals surface area (Å²) < 4.78 is 7.72. The first kappa shape index (κ1) is 9.70. The van der Waals surface area contributed by atoms with Crippen molar-refractivity contribution in [2.24, 2.45) is 5.92 Å². The number of aromatic nitrogens is 2. The summed E-state index contributed by atoms with van der Waals surface area (Å²) in [5, 5.41) is 0. The lowest BCUT2D eigenvalue weighted by molar-refractivity contribution is 0.407. The molecule has 16 heavy (non-hydrogen) atoms. The number of fused-ring (bicyclic) bond motifs is 1.